The van der Waals surface area contributed by atoms with E-state index in [1.165, 1.54) is 23.5 Å². The summed E-state index contributed by atoms with van der Waals surface area (Å²) in [5.41, 5.74) is 2.66. The van der Waals surface area contributed by atoms with Crippen LogP contribution in [0.3, 0.4) is 0 Å². The summed E-state index contributed by atoms with van der Waals surface area (Å²) in [7, 11) is -3.79. The zero-order valence-corrected chi connectivity index (χ0v) is 20.0. The van der Waals surface area contributed by atoms with E-state index in [2.05, 4.69) is 13.8 Å². The Kier molecular flexibility index (Phi) is 4.80. The van der Waals surface area contributed by atoms with Crippen LogP contribution in [0.5, 0.6) is 0 Å². The van der Waals surface area contributed by atoms with Crippen molar-refractivity contribution in [2.24, 2.45) is 16.0 Å². The van der Waals surface area contributed by atoms with Gasteiger partial charge in [-0.25, -0.2) is 18.5 Å². The number of thiazole rings is 1. The van der Waals surface area contributed by atoms with Gasteiger partial charge in [-0.1, -0.05) is 49.7 Å². The lowest BCUT2D eigenvalue weighted by atomic mass is 10.0. The molecule has 6 nitrogen and oxygen atoms in total. The molecule has 0 unspecified atom stereocenters. The first-order valence-corrected chi connectivity index (χ1v) is 12.9. The average Bonchev–Trinajstić information content (AvgIpc) is 3.04. The fraction of sp³-hybridized carbons (Fsp3) is 0.304. The second-order valence-electron chi connectivity index (χ2n) is 9.23. The first-order chi connectivity index (χ1) is 15.0. The maximum absolute atomic E-state index is 13.3. The molecule has 1 amide bonds. The molecule has 1 saturated heterocycles. The Morgan fingerprint density at radius 2 is 1.59 bits per heavy atom. The number of carbonyl (C=O) groups excluding carboxylic acids is 1. The molecule has 2 heterocycles. The minimum atomic E-state index is -3.79. The van der Waals surface area contributed by atoms with Crippen LogP contribution in [0.15, 0.2) is 53.4 Å². The number of benzene rings is 2. The SMILES string of the molecule is C[C@@]12CN(C(=O)c3nc(-c4ccc(Cl)cc4)c(-c4ccc(S(N)(=O)=O)cc4)s3)C[C@]1(C)C2. The van der Waals surface area contributed by atoms with Gasteiger partial charge in [0.15, 0.2) is 5.01 Å². The van der Waals surface area contributed by atoms with Gasteiger partial charge in [-0.05, 0) is 47.1 Å². The predicted octanol–water partition coefficient (Wildman–Crippen LogP) is 4.65. The number of nitrogens with two attached hydrogens (primary N) is 1. The lowest BCUT2D eigenvalue weighted by molar-refractivity contribution is 0.0760. The molecule has 2 fully saturated rings. The third kappa shape index (κ3) is 3.55. The number of aromatic nitrogens is 1. The van der Waals surface area contributed by atoms with E-state index in [0.29, 0.717) is 15.7 Å². The highest BCUT2D eigenvalue weighted by molar-refractivity contribution is 7.89. The van der Waals surface area contributed by atoms with Crippen LogP contribution in [0.25, 0.3) is 21.7 Å². The molecule has 5 rings (SSSR count). The molecule has 1 aliphatic heterocycles. The van der Waals surface area contributed by atoms with Gasteiger partial charge in [-0.15, -0.1) is 11.3 Å². The standard InChI is InChI=1S/C23H22ClN3O3S2/c1-22-11-23(22,2)13-27(12-22)21(28)20-26-18(14-3-7-16(24)8-4-14)19(31-20)15-5-9-17(10-6-15)32(25,29)30/h3-10H,11-13H2,1-2H3,(H2,25,29,30)/t22-,23+. The van der Waals surface area contributed by atoms with Crippen molar-refractivity contribution in [1.82, 2.24) is 9.88 Å². The lowest BCUT2D eigenvalue weighted by Gasteiger charge is -2.18. The van der Waals surface area contributed by atoms with Crippen LogP contribution < -0.4 is 5.14 Å². The minimum absolute atomic E-state index is 0.0351. The van der Waals surface area contributed by atoms with Crippen molar-refractivity contribution in [3.63, 3.8) is 0 Å². The Labute approximate surface area is 196 Å². The van der Waals surface area contributed by atoms with Crippen molar-refractivity contribution >= 4 is 38.9 Å². The molecular weight excluding hydrogens is 466 g/mol. The fourth-order valence-electron chi connectivity index (χ4n) is 4.69. The molecule has 2 atom stereocenters. The molecule has 1 saturated carbocycles. The van der Waals surface area contributed by atoms with Crippen molar-refractivity contribution in [2.75, 3.05) is 13.1 Å². The number of rotatable bonds is 4. The molecule has 2 aromatic carbocycles. The zero-order valence-electron chi connectivity index (χ0n) is 17.6. The van der Waals surface area contributed by atoms with Crippen LogP contribution in [-0.4, -0.2) is 37.3 Å². The average molecular weight is 488 g/mol. The van der Waals surface area contributed by atoms with Crippen LogP contribution >= 0.6 is 22.9 Å². The van der Waals surface area contributed by atoms with E-state index >= 15 is 0 Å². The largest absolute Gasteiger partial charge is 0.335 e. The van der Waals surface area contributed by atoms with Crippen LogP contribution in [0.2, 0.25) is 5.02 Å². The van der Waals surface area contributed by atoms with E-state index in [1.807, 2.05) is 17.0 Å². The number of sulfonamides is 1. The predicted molar refractivity (Wildman–Crippen MR) is 126 cm³/mol. The van der Waals surface area contributed by atoms with Gasteiger partial charge in [-0.2, -0.15) is 0 Å². The number of carbonyl (C=O) groups is 1. The van der Waals surface area contributed by atoms with Crippen LogP contribution in [0.1, 0.15) is 30.1 Å². The monoisotopic (exact) mass is 487 g/mol. The van der Waals surface area contributed by atoms with Gasteiger partial charge in [0.25, 0.3) is 5.91 Å². The van der Waals surface area contributed by atoms with Gasteiger partial charge in [0.2, 0.25) is 10.0 Å². The molecule has 0 radical (unpaired) electrons. The zero-order chi connectivity index (χ0) is 22.9. The molecule has 3 aromatic rings. The van der Waals surface area contributed by atoms with Crippen molar-refractivity contribution in [3.05, 3.63) is 58.6 Å². The van der Waals surface area contributed by atoms with Gasteiger partial charge < -0.3 is 4.90 Å². The number of hydrogen-bond donors (Lipinski definition) is 1. The van der Waals surface area contributed by atoms with Gasteiger partial charge >= 0.3 is 0 Å². The third-order valence-corrected chi connectivity index (χ3v) is 9.13. The molecule has 0 bridgehead atoms. The van der Waals surface area contributed by atoms with Gasteiger partial charge in [0, 0.05) is 23.7 Å². The second-order valence-corrected chi connectivity index (χ2v) is 12.2. The maximum atomic E-state index is 13.3. The summed E-state index contributed by atoms with van der Waals surface area (Å²) in [4.78, 5) is 20.8. The highest BCUT2D eigenvalue weighted by atomic mass is 35.5. The summed E-state index contributed by atoms with van der Waals surface area (Å²) in [5.74, 6) is -0.0627. The Morgan fingerprint density at radius 3 is 2.16 bits per heavy atom. The van der Waals surface area contributed by atoms with Gasteiger partial charge in [-0.3, -0.25) is 4.79 Å². The number of piperidine rings is 1. The highest BCUT2D eigenvalue weighted by Gasteiger charge is 2.66. The van der Waals surface area contributed by atoms with E-state index in [4.69, 9.17) is 21.7 Å². The molecule has 9 heteroatoms. The fourth-order valence-corrected chi connectivity index (χ4v) is 6.40. The summed E-state index contributed by atoms with van der Waals surface area (Å²) in [6.07, 6.45) is 1.15. The van der Waals surface area contributed by atoms with Crippen molar-refractivity contribution in [3.8, 4) is 21.7 Å². The molecule has 166 valence electrons. The topological polar surface area (TPSA) is 93.4 Å². The van der Waals surface area contributed by atoms with E-state index < -0.39 is 10.0 Å². The molecule has 0 spiro atoms. The molecule has 1 aromatic heterocycles. The normalized spacial score (nSPS) is 24.4. The molecule has 2 N–H and O–H groups in total. The van der Waals surface area contributed by atoms with Crippen molar-refractivity contribution in [1.29, 1.82) is 0 Å². The molecule has 1 aliphatic carbocycles. The first kappa shape index (κ1) is 21.6. The number of likely N-dealkylation sites (tertiary alicyclic amines) is 1. The molecule has 32 heavy (non-hydrogen) atoms. The molecular formula is C23H22ClN3O3S2. The highest BCUT2D eigenvalue weighted by Crippen LogP contribution is 2.67. The Balaban J connectivity index is 1.55. The number of hydrogen-bond acceptors (Lipinski definition) is 5. The summed E-state index contributed by atoms with van der Waals surface area (Å²) < 4.78 is 23.3. The van der Waals surface area contributed by atoms with Gasteiger partial charge in [0.05, 0.1) is 15.5 Å². The third-order valence-electron chi connectivity index (χ3n) is 6.85. The summed E-state index contributed by atoms with van der Waals surface area (Å²) in [5, 5.41) is 6.26. The number of fused-ring (bicyclic) bond motifs is 1. The lowest BCUT2D eigenvalue weighted by Crippen LogP contribution is -2.32. The Morgan fingerprint density at radius 1 is 1.03 bits per heavy atom. The van der Waals surface area contributed by atoms with E-state index in [-0.39, 0.29) is 21.6 Å². The first-order valence-electron chi connectivity index (χ1n) is 10.2. The molecule has 2 aliphatic rings. The summed E-state index contributed by atoms with van der Waals surface area (Å²) >= 11 is 7.37. The smallest absolute Gasteiger partial charge is 0.282 e. The number of halogens is 1. The number of primary sulfonamides is 1. The minimum Gasteiger partial charge on any atom is -0.335 e. The van der Waals surface area contributed by atoms with Crippen molar-refractivity contribution in [2.45, 2.75) is 25.2 Å². The van der Waals surface area contributed by atoms with E-state index in [1.54, 1.807) is 24.3 Å². The van der Waals surface area contributed by atoms with Gasteiger partial charge in [0.1, 0.15) is 0 Å². The number of nitrogens with zero attached hydrogens (tertiary/aromatic N) is 2. The Bertz CT molecular complexity index is 1320. The van der Waals surface area contributed by atoms with E-state index in [9.17, 15) is 13.2 Å². The van der Waals surface area contributed by atoms with Crippen LogP contribution in [0.4, 0.5) is 0 Å². The van der Waals surface area contributed by atoms with E-state index in [0.717, 1.165) is 35.5 Å². The summed E-state index contributed by atoms with van der Waals surface area (Å²) in [6, 6.07) is 13.6. The second kappa shape index (κ2) is 7.12. The van der Waals surface area contributed by atoms with Crippen LogP contribution in [-0.2, 0) is 10.0 Å². The van der Waals surface area contributed by atoms with Crippen LogP contribution in [0, 0.1) is 10.8 Å². The quantitative estimate of drug-likeness (QED) is 0.579. The summed E-state index contributed by atoms with van der Waals surface area (Å²) in [6.45, 7) is 5.96. The maximum Gasteiger partial charge on any atom is 0.282 e. The van der Waals surface area contributed by atoms with Crippen molar-refractivity contribution < 1.29 is 13.2 Å². The number of amides is 1. The Hall–Kier alpha value is -2.26.